The Bertz CT molecular complexity index is 154. The molecule has 0 fully saturated rings. The van der Waals surface area contributed by atoms with Crippen LogP contribution in [0.1, 0.15) is 20.3 Å². The summed E-state index contributed by atoms with van der Waals surface area (Å²) in [5.41, 5.74) is 0. The second-order valence-corrected chi connectivity index (χ2v) is 1.84. The van der Waals surface area contributed by atoms with Gasteiger partial charge in [-0.25, -0.2) is 4.79 Å². The first kappa shape index (κ1) is 10.9. The number of hydrogen-bond acceptors (Lipinski definition) is 5. The third-order valence-electron chi connectivity index (χ3n) is 0.864. The molecule has 12 heavy (non-hydrogen) atoms. The van der Waals surface area contributed by atoms with Crippen molar-refractivity contribution >= 4 is 11.9 Å². The summed E-state index contributed by atoms with van der Waals surface area (Å²) in [7, 11) is 0. The fourth-order valence-corrected chi connectivity index (χ4v) is 0.484. The molecule has 5 nitrogen and oxygen atoms in total. The summed E-state index contributed by atoms with van der Waals surface area (Å²) in [6.45, 7) is 3.83. The second-order valence-electron chi connectivity index (χ2n) is 1.84. The van der Waals surface area contributed by atoms with E-state index in [-0.39, 0.29) is 13.2 Å². The fourth-order valence-electron chi connectivity index (χ4n) is 0.484. The van der Waals surface area contributed by atoms with Gasteiger partial charge in [0.05, 0.1) is 13.2 Å². The molecule has 70 valence electrons. The van der Waals surface area contributed by atoms with Crippen molar-refractivity contribution in [3.8, 4) is 0 Å². The third-order valence-corrected chi connectivity index (χ3v) is 0.864. The normalized spacial score (nSPS) is 9.17. The lowest BCUT2D eigenvalue weighted by molar-refractivity contribution is -0.269. The van der Waals surface area contributed by atoms with E-state index < -0.39 is 18.4 Å². The zero-order valence-corrected chi connectivity index (χ0v) is 7.16. The Morgan fingerprint density at radius 3 is 2.25 bits per heavy atom. The van der Waals surface area contributed by atoms with Crippen LogP contribution in [0.25, 0.3) is 0 Å². The molecule has 0 radical (unpaired) electrons. The average molecular weight is 176 g/mol. The molecule has 0 aliphatic rings. The summed E-state index contributed by atoms with van der Waals surface area (Å²) in [5, 5.41) is 0. The van der Waals surface area contributed by atoms with Crippen molar-refractivity contribution < 1.29 is 24.1 Å². The third kappa shape index (κ3) is 5.67. The van der Waals surface area contributed by atoms with Crippen LogP contribution in [-0.2, 0) is 24.1 Å². The van der Waals surface area contributed by atoms with Crippen molar-refractivity contribution in [3.63, 3.8) is 0 Å². The zero-order chi connectivity index (χ0) is 9.40. The van der Waals surface area contributed by atoms with Gasteiger partial charge in [0.2, 0.25) is 0 Å². The molecule has 0 atom stereocenters. The molecule has 0 saturated carbocycles. The highest BCUT2D eigenvalue weighted by atomic mass is 17.2. The number of esters is 1. The van der Waals surface area contributed by atoms with Gasteiger partial charge >= 0.3 is 11.9 Å². The van der Waals surface area contributed by atoms with Gasteiger partial charge in [-0.15, -0.1) is 0 Å². The fraction of sp³-hybridized carbons (Fsp3) is 0.714. The number of carbonyl (C=O) groups is 2. The van der Waals surface area contributed by atoms with Crippen LogP contribution >= 0.6 is 0 Å². The number of rotatable bonds is 5. The van der Waals surface area contributed by atoms with Crippen LogP contribution in [-0.4, -0.2) is 25.2 Å². The molecule has 0 saturated heterocycles. The van der Waals surface area contributed by atoms with Crippen LogP contribution in [0.2, 0.25) is 0 Å². The predicted molar refractivity (Wildman–Crippen MR) is 39.0 cm³/mol. The minimum atomic E-state index is -0.740. The highest BCUT2D eigenvalue weighted by molar-refractivity contribution is 5.90. The van der Waals surface area contributed by atoms with Gasteiger partial charge in [0.25, 0.3) is 0 Å². The Hall–Kier alpha value is -1.10. The Morgan fingerprint density at radius 2 is 1.75 bits per heavy atom. The van der Waals surface area contributed by atoms with Crippen molar-refractivity contribution in [3.05, 3.63) is 0 Å². The van der Waals surface area contributed by atoms with Gasteiger partial charge in [-0.3, -0.25) is 9.68 Å². The molecule has 0 spiro atoms. The minimum Gasteiger partial charge on any atom is -0.466 e. The maximum Gasteiger partial charge on any atom is 0.353 e. The van der Waals surface area contributed by atoms with E-state index in [4.69, 9.17) is 0 Å². The standard InChI is InChI=1S/C7H12O5/c1-3-10-6(8)5-7(9)12-11-4-2/h3-5H2,1-2H3. The van der Waals surface area contributed by atoms with Crippen LogP contribution in [0, 0.1) is 0 Å². The second kappa shape index (κ2) is 6.60. The van der Waals surface area contributed by atoms with Crippen molar-refractivity contribution in [1.82, 2.24) is 0 Å². The van der Waals surface area contributed by atoms with Gasteiger partial charge in [0.1, 0.15) is 6.42 Å². The van der Waals surface area contributed by atoms with Crippen LogP contribution in [0.15, 0.2) is 0 Å². The summed E-state index contributed by atoms with van der Waals surface area (Å²) in [5.74, 6) is -1.35. The Balaban J connectivity index is 3.47. The molecule has 5 heteroatoms. The molecule has 0 aromatic carbocycles. The van der Waals surface area contributed by atoms with Gasteiger partial charge in [-0.2, -0.15) is 4.89 Å². The lowest BCUT2D eigenvalue weighted by Gasteiger charge is -2.00. The highest BCUT2D eigenvalue weighted by Crippen LogP contribution is 1.91. The van der Waals surface area contributed by atoms with Gasteiger partial charge in [-0.05, 0) is 13.8 Å². The minimum absolute atomic E-state index is 0.251. The maximum absolute atomic E-state index is 10.6. The first-order chi connectivity index (χ1) is 5.70. The van der Waals surface area contributed by atoms with Crippen molar-refractivity contribution in [1.29, 1.82) is 0 Å². The Morgan fingerprint density at radius 1 is 1.08 bits per heavy atom. The van der Waals surface area contributed by atoms with Crippen LogP contribution in [0.3, 0.4) is 0 Å². The summed E-state index contributed by atoms with van der Waals surface area (Å²) in [6.07, 6.45) is -0.409. The van der Waals surface area contributed by atoms with E-state index in [9.17, 15) is 9.59 Å². The van der Waals surface area contributed by atoms with Crippen molar-refractivity contribution in [2.75, 3.05) is 13.2 Å². The van der Waals surface area contributed by atoms with Crippen LogP contribution in [0.5, 0.6) is 0 Å². The molecule has 0 aliphatic heterocycles. The van der Waals surface area contributed by atoms with Crippen molar-refractivity contribution in [2.24, 2.45) is 0 Å². The van der Waals surface area contributed by atoms with E-state index in [1.165, 1.54) is 0 Å². The van der Waals surface area contributed by atoms with Gasteiger partial charge in [-0.1, -0.05) is 0 Å². The molecule has 0 heterocycles. The van der Waals surface area contributed by atoms with E-state index in [1.54, 1.807) is 13.8 Å². The van der Waals surface area contributed by atoms with E-state index in [2.05, 4.69) is 14.5 Å². The summed E-state index contributed by atoms with van der Waals surface area (Å²) in [4.78, 5) is 29.8. The molecule has 0 aromatic rings. The van der Waals surface area contributed by atoms with Gasteiger partial charge < -0.3 is 4.74 Å². The molecule has 0 aromatic heterocycles. The molecule has 0 amide bonds. The lowest BCUT2D eigenvalue weighted by atomic mass is 10.4. The quantitative estimate of drug-likeness (QED) is 0.263. The smallest absolute Gasteiger partial charge is 0.353 e. The summed E-state index contributed by atoms with van der Waals surface area (Å²) < 4.78 is 4.50. The molecule has 0 N–H and O–H groups in total. The number of carbonyl (C=O) groups excluding carboxylic acids is 2. The summed E-state index contributed by atoms with van der Waals surface area (Å²) in [6, 6.07) is 0. The first-order valence-electron chi connectivity index (χ1n) is 3.68. The van der Waals surface area contributed by atoms with E-state index in [0.29, 0.717) is 0 Å². The molecule has 0 bridgehead atoms. The molecule has 0 unspecified atom stereocenters. The molecule has 0 rings (SSSR count). The SMILES string of the molecule is CCOOC(=O)CC(=O)OCC. The average Bonchev–Trinajstić information content (AvgIpc) is 2.01. The lowest BCUT2D eigenvalue weighted by Crippen LogP contribution is -2.13. The largest absolute Gasteiger partial charge is 0.466 e. The van der Waals surface area contributed by atoms with E-state index >= 15 is 0 Å². The number of ether oxygens (including phenoxy) is 1. The van der Waals surface area contributed by atoms with E-state index in [1.807, 2.05) is 0 Å². The Labute approximate surface area is 70.5 Å². The Kier molecular flexibility index (Phi) is 6.00. The monoisotopic (exact) mass is 176 g/mol. The van der Waals surface area contributed by atoms with Gasteiger partial charge in [0.15, 0.2) is 0 Å². The highest BCUT2D eigenvalue weighted by Gasteiger charge is 2.11. The number of hydrogen-bond donors (Lipinski definition) is 0. The van der Waals surface area contributed by atoms with Crippen molar-refractivity contribution in [2.45, 2.75) is 20.3 Å². The molecular formula is C7H12O5. The zero-order valence-electron chi connectivity index (χ0n) is 7.16. The first-order valence-corrected chi connectivity index (χ1v) is 3.68. The summed E-state index contributed by atoms with van der Waals surface area (Å²) >= 11 is 0. The predicted octanol–water partition coefficient (Wildman–Crippen LogP) is 0.434. The van der Waals surface area contributed by atoms with Crippen LogP contribution in [0.4, 0.5) is 0 Å². The maximum atomic E-state index is 10.6. The topological polar surface area (TPSA) is 61.8 Å². The van der Waals surface area contributed by atoms with E-state index in [0.717, 1.165) is 0 Å². The van der Waals surface area contributed by atoms with Crippen LogP contribution < -0.4 is 0 Å². The molecule has 0 aliphatic carbocycles. The molecular weight excluding hydrogens is 164 g/mol. The van der Waals surface area contributed by atoms with Gasteiger partial charge in [0, 0.05) is 0 Å².